The highest BCUT2D eigenvalue weighted by Crippen LogP contribution is 2.31. The van der Waals surface area contributed by atoms with Crippen molar-refractivity contribution in [2.75, 3.05) is 45.8 Å². The van der Waals surface area contributed by atoms with Crippen LogP contribution in [0, 0.1) is 0 Å². The Morgan fingerprint density at radius 2 is 1.96 bits per heavy atom. The molecule has 4 rings (SSSR count). The number of carbonyl (C=O) groups excluding carboxylic acids is 1. The smallest absolute Gasteiger partial charge is 0.274 e. The van der Waals surface area contributed by atoms with E-state index in [9.17, 15) is 4.79 Å². The number of ether oxygens (including phenoxy) is 1. The van der Waals surface area contributed by atoms with E-state index in [1.54, 1.807) is 0 Å². The number of amides is 1. The van der Waals surface area contributed by atoms with Crippen LogP contribution in [-0.2, 0) is 11.2 Å². The molecule has 25 heavy (non-hydrogen) atoms. The maximum atomic E-state index is 12.9. The lowest BCUT2D eigenvalue weighted by Gasteiger charge is -2.48. The van der Waals surface area contributed by atoms with E-state index in [2.05, 4.69) is 33.8 Å². The van der Waals surface area contributed by atoms with Crippen molar-refractivity contribution in [2.24, 2.45) is 0 Å². The van der Waals surface area contributed by atoms with E-state index in [1.807, 2.05) is 11.8 Å². The molecule has 0 aliphatic carbocycles. The molecule has 1 amide bonds. The Morgan fingerprint density at radius 1 is 1.24 bits per heavy atom. The number of aromatic amines is 1. The van der Waals surface area contributed by atoms with Crippen LogP contribution in [0.1, 0.15) is 48.6 Å². The van der Waals surface area contributed by atoms with Gasteiger partial charge in [-0.1, -0.05) is 6.92 Å². The topological polar surface area (TPSA) is 64.7 Å². The molecule has 2 atom stereocenters. The second-order valence-electron chi connectivity index (χ2n) is 7.59. The van der Waals surface area contributed by atoms with Crippen molar-refractivity contribution < 1.29 is 9.53 Å². The van der Waals surface area contributed by atoms with Gasteiger partial charge in [-0.3, -0.25) is 14.8 Å². The third-order valence-corrected chi connectivity index (χ3v) is 5.96. The molecule has 2 saturated heterocycles. The first kappa shape index (κ1) is 17.0. The fourth-order valence-electron chi connectivity index (χ4n) is 4.30. The zero-order valence-corrected chi connectivity index (χ0v) is 15.5. The average Bonchev–Trinajstić information content (AvgIpc) is 2.98. The number of aromatic nitrogens is 2. The van der Waals surface area contributed by atoms with Crippen molar-refractivity contribution in [3.8, 4) is 0 Å². The molecule has 4 heterocycles. The summed E-state index contributed by atoms with van der Waals surface area (Å²) in [5.74, 6) is 0.0715. The Kier molecular flexibility index (Phi) is 4.56. The minimum Gasteiger partial charge on any atom is -0.369 e. The molecule has 3 aliphatic rings. The Balaban J connectivity index is 1.37. The van der Waals surface area contributed by atoms with Crippen LogP contribution in [0.4, 0.5) is 0 Å². The standard InChI is InChI=1S/C18H29N5O2/c1-4-21-5-7-22(8-6-21)14-10-23(11-14)18(24)17-15-9-12(2)25-13(3)16(15)19-20-17/h12-14H,4-11H2,1-3H3,(H,19,20)/t12-,13+/m0/s1. The number of piperazine rings is 1. The summed E-state index contributed by atoms with van der Waals surface area (Å²) in [6, 6.07) is 0.513. The monoisotopic (exact) mass is 347 g/mol. The molecular formula is C18H29N5O2. The third kappa shape index (κ3) is 3.09. The number of rotatable bonds is 3. The normalized spacial score (nSPS) is 28.7. The quantitative estimate of drug-likeness (QED) is 0.880. The fraction of sp³-hybridized carbons (Fsp3) is 0.778. The first-order valence-corrected chi connectivity index (χ1v) is 9.55. The second kappa shape index (κ2) is 6.70. The van der Waals surface area contributed by atoms with Crippen LogP contribution in [0.15, 0.2) is 0 Å². The molecule has 0 unspecified atom stereocenters. The number of hydrogen-bond donors (Lipinski definition) is 1. The minimum atomic E-state index is -0.0215. The van der Waals surface area contributed by atoms with Gasteiger partial charge in [-0.15, -0.1) is 0 Å². The first-order valence-electron chi connectivity index (χ1n) is 9.55. The molecule has 3 aliphatic heterocycles. The number of H-pyrrole nitrogens is 1. The number of likely N-dealkylation sites (tertiary alicyclic amines) is 1. The van der Waals surface area contributed by atoms with Gasteiger partial charge in [-0.05, 0) is 20.4 Å². The summed E-state index contributed by atoms with van der Waals surface area (Å²) in [6.07, 6.45) is 0.866. The Morgan fingerprint density at radius 3 is 2.64 bits per heavy atom. The number of nitrogens with one attached hydrogen (secondary N) is 1. The molecule has 1 aromatic heterocycles. The number of carbonyl (C=O) groups is 1. The van der Waals surface area contributed by atoms with Gasteiger partial charge in [0.25, 0.3) is 5.91 Å². The van der Waals surface area contributed by atoms with Crippen LogP contribution in [0.25, 0.3) is 0 Å². The van der Waals surface area contributed by atoms with Crippen LogP contribution in [0.3, 0.4) is 0 Å². The number of nitrogens with zero attached hydrogens (tertiary/aromatic N) is 4. The van der Waals surface area contributed by atoms with E-state index in [0.717, 1.165) is 63.5 Å². The lowest BCUT2D eigenvalue weighted by atomic mass is 9.98. The average molecular weight is 347 g/mol. The number of hydrogen-bond acceptors (Lipinski definition) is 5. The minimum absolute atomic E-state index is 0.0215. The molecule has 2 fully saturated rings. The van der Waals surface area contributed by atoms with Gasteiger partial charge < -0.3 is 14.5 Å². The lowest BCUT2D eigenvalue weighted by Crippen LogP contribution is -2.64. The Bertz CT molecular complexity index is 631. The van der Waals surface area contributed by atoms with Gasteiger partial charge in [0.05, 0.1) is 17.9 Å². The predicted molar refractivity (Wildman–Crippen MR) is 94.6 cm³/mol. The van der Waals surface area contributed by atoms with E-state index in [1.165, 1.54) is 0 Å². The van der Waals surface area contributed by atoms with Gasteiger partial charge >= 0.3 is 0 Å². The van der Waals surface area contributed by atoms with Crippen LogP contribution in [0.5, 0.6) is 0 Å². The molecule has 7 nitrogen and oxygen atoms in total. The molecule has 138 valence electrons. The number of likely N-dealkylation sites (N-methyl/N-ethyl adjacent to an activating group) is 1. The highest BCUT2D eigenvalue weighted by molar-refractivity contribution is 5.94. The van der Waals surface area contributed by atoms with Crippen molar-refractivity contribution >= 4 is 5.91 Å². The summed E-state index contributed by atoms with van der Waals surface area (Å²) >= 11 is 0. The van der Waals surface area contributed by atoms with Gasteiger partial charge in [0.1, 0.15) is 0 Å². The van der Waals surface area contributed by atoms with Crippen LogP contribution in [-0.4, -0.2) is 88.8 Å². The highest BCUT2D eigenvalue weighted by atomic mass is 16.5. The predicted octanol–water partition coefficient (Wildman–Crippen LogP) is 0.894. The van der Waals surface area contributed by atoms with Gasteiger partial charge in [-0.25, -0.2) is 0 Å². The Hall–Kier alpha value is -1.44. The van der Waals surface area contributed by atoms with Crippen molar-refractivity contribution in [2.45, 2.75) is 45.4 Å². The van der Waals surface area contributed by atoms with E-state index >= 15 is 0 Å². The molecule has 1 aromatic rings. The maximum absolute atomic E-state index is 12.9. The molecular weight excluding hydrogens is 318 g/mol. The van der Waals surface area contributed by atoms with Gasteiger partial charge in [0.15, 0.2) is 5.69 Å². The SMILES string of the molecule is CCN1CCN(C2CN(C(=O)c3n[nH]c4c3C[C@H](C)O[C@@H]4C)C2)CC1. The van der Waals surface area contributed by atoms with Crippen molar-refractivity contribution in [1.82, 2.24) is 24.9 Å². The maximum Gasteiger partial charge on any atom is 0.274 e. The van der Waals surface area contributed by atoms with Gasteiger partial charge in [-0.2, -0.15) is 5.10 Å². The molecule has 0 bridgehead atoms. The molecule has 0 aromatic carbocycles. The molecule has 1 N–H and O–H groups in total. The van der Waals surface area contributed by atoms with E-state index in [-0.39, 0.29) is 18.1 Å². The summed E-state index contributed by atoms with van der Waals surface area (Å²) in [7, 11) is 0. The summed E-state index contributed by atoms with van der Waals surface area (Å²) < 4.78 is 5.81. The zero-order valence-electron chi connectivity index (χ0n) is 15.5. The number of fused-ring (bicyclic) bond motifs is 1. The van der Waals surface area contributed by atoms with E-state index in [4.69, 9.17) is 4.74 Å². The second-order valence-corrected chi connectivity index (χ2v) is 7.59. The molecule has 0 radical (unpaired) electrons. The third-order valence-electron chi connectivity index (χ3n) is 5.96. The van der Waals surface area contributed by atoms with E-state index < -0.39 is 0 Å². The van der Waals surface area contributed by atoms with Crippen molar-refractivity contribution in [1.29, 1.82) is 0 Å². The summed E-state index contributed by atoms with van der Waals surface area (Å²) in [5, 5.41) is 7.36. The lowest BCUT2D eigenvalue weighted by molar-refractivity contribution is -0.00738. The van der Waals surface area contributed by atoms with Gasteiger partial charge in [0, 0.05) is 57.3 Å². The summed E-state index contributed by atoms with van der Waals surface area (Å²) in [6.45, 7) is 13.6. The zero-order chi connectivity index (χ0) is 17.6. The highest BCUT2D eigenvalue weighted by Gasteiger charge is 2.39. The molecule has 0 spiro atoms. The van der Waals surface area contributed by atoms with Crippen LogP contribution in [0.2, 0.25) is 0 Å². The van der Waals surface area contributed by atoms with Crippen LogP contribution < -0.4 is 0 Å². The fourth-order valence-corrected chi connectivity index (χ4v) is 4.30. The van der Waals surface area contributed by atoms with Crippen LogP contribution >= 0.6 is 0 Å². The van der Waals surface area contributed by atoms with E-state index in [0.29, 0.717) is 11.7 Å². The first-order chi connectivity index (χ1) is 12.1. The molecule has 7 heteroatoms. The molecule has 0 saturated carbocycles. The Labute approximate surface area is 149 Å². The van der Waals surface area contributed by atoms with Crippen molar-refractivity contribution in [3.63, 3.8) is 0 Å². The van der Waals surface area contributed by atoms with Gasteiger partial charge in [0.2, 0.25) is 0 Å². The summed E-state index contributed by atoms with van der Waals surface area (Å²) in [4.78, 5) is 19.8. The largest absolute Gasteiger partial charge is 0.369 e. The van der Waals surface area contributed by atoms with Crippen molar-refractivity contribution in [3.05, 3.63) is 17.0 Å². The summed E-state index contributed by atoms with van der Waals surface area (Å²) in [5.41, 5.74) is 2.62.